The molecule has 0 N–H and O–H groups in total. The van der Waals surface area contributed by atoms with Gasteiger partial charge in [0.25, 0.3) is 0 Å². The van der Waals surface area contributed by atoms with E-state index < -0.39 is 0 Å². The van der Waals surface area contributed by atoms with Gasteiger partial charge in [-0.1, -0.05) is 46.3 Å². The summed E-state index contributed by atoms with van der Waals surface area (Å²) in [7, 11) is 0. The molecule has 7 heteroatoms. The third-order valence-electron chi connectivity index (χ3n) is 1.80. The fourth-order valence-electron chi connectivity index (χ4n) is 1.10. The maximum atomic E-state index is 5.97. The predicted octanol–water partition coefficient (Wildman–Crippen LogP) is 4.02. The molecular formula is C10H8Cl2N2OS2. The molecule has 90 valence electrons. The average Bonchev–Trinajstić information content (AvgIpc) is 2.79. The summed E-state index contributed by atoms with van der Waals surface area (Å²) in [6.45, 7) is 0.561. The van der Waals surface area contributed by atoms with Gasteiger partial charge in [-0.3, -0.25) is 0 Å². The van der Waals surface area contributed by atoms with Crippen LogP contribution < -0.4 is 4.74 Å². The topological polar surface area (TPSA) is 35.0 Å². The van der Waals surface area contributed by atoms with Gasteiger partial charge in [-0.25, -0.2) is 0 Å². The molecule has 3 nitrogen and oxygen atoms in total. The summed E-state index contributed by atoms with van der Waals surface area (Å²) >= 11 is 14.9. The summed E-state index contributed by atoms with van der Waals surface area (Å²) in [6, 6.07) is 5.18. The molecule has 0 radical (unpaired) electrons. The zero-order valence-corrected chi connectivity index (χ0v) is 11.7. The van der Waals surface area contributed by atoms with Crippen molar-refractivity contribution in [2.45, 2.75) is 4.34 Å². The van der Waals surface area contributed by atoms with Gasteiger partial charge in [0.15, 0.2) is 4.34 Å². The molecule has 2 rings (SSSR count). The second-order valence-corrected chi connectivity index (χ2v) is 6.00. The van der Waals surface area contributed by atoms with Crippen LogP contribution in [0.5, 0.6) is 5.75 Å². The molecule has 0 spiro atoms. The van der Waals surface area contributed by atoms with Crippen molar-refractivity contribution in [1.29, 1.82) is 0 Å². The van der Waals surface area contributed by atoms with E-state index in [1.807, 2.05) is 0 Å². The average molecular weight is 307 g/mol. The molecule has 0 aliphatic carbocycles. The first-order valence-electron chi connectivity index (χ1n) is 4.72. The summed E-state index contributed by atoms with van der Waals surface area (Å²) in [6.07, 6.45) is 0. The van der Waals surface area contributed by atoms with Crippen LogP contribution in [-0.2, 0) is 0 Å². The van der Waals surface area contributed by atoms with Crippen molar-refractivity contribution in [3.05, 3.63) is 33.8 Å². The molecule has 0 aliphatic rings. The monoisotopic (exact) mass is 306 g/mol. The number of hydrogen-bond donors (Lipinski definition) is 0. The van der Waals surface area contributed by atoms with Gasteiger partial charge < -0.3 is 4.74 Å². The third kappa shape index (κ3) is 4.03. The van der Waals surface area contributed by atoms with Gasteiger partial charge in [0, 0.05) is 10.8 Å². The Morgan fingerprint density at radius 1 is 1.35 bits per heavy atom. The molecule has 0 saturated heterocycles. The Bertz CT molecular complexity index is 479. The molecule has 0 bridgehead atoms. The van der Waals surface area contributed by atoms with E-state index in [0.29, 0.717) is 22.4 Å². The third-order valence-corrected chi connectivity index (χ3v) is 4.16. The van der Waals surface area contributed by atoms with Gasteiger partial charge in [0.05, 0.1) is 11.6 Å². The van der Waals surface area contributed by atoms with Crippen molar-refractivity contribution in [2.75, 3.05) is 12.4 Å². The SMILES string of the molecule is Clc1ccc(OCCSc2nncs2)c(Cl)c1. The molecule has 0 aliphatic heterocycles. The summed E-state index contributed by atoms with van der Waals surface area (Å²) in [4.78, 5) is 0. The van der Waals surface area contributed by atoms with Gasteiger partial charge >= 0.3 is 0 Å². The highest BCUT2D eigenvalue weighted by atomic mass is 35.5. The Morgan fingerprint density at radius 2 is 2.24 bits per heavy atom. The predicted molar refractivity (Wildman–Crippen MR) is 72.6 cm³/mol. The lowest BCUT2D eigenvalue weighted by Crippen LogP contribution is -2.00. The zero-order chi connectivity index (χ0) is 12.1. The molecule has 0 amide bonds. The van der Waals surface area contributed by atoms with Crippen LogP contribution in [-0.4, -0.2) is 22.6 Å². The molecule has 17 heavy (non-hydrogen) atoms. The second-order valence-electron chi connectivity index (χ2n) is 2.98. The van der Waals surface area contributed by atoms with Gasteiger partial charge in [0.2, 0.25) is 0 Å². The standard InChI is InChI=1S/C10H8Cl2N2OS2/c11-7-1-2-9(8(12)5-7)15-3-4-16-10-14-13-6-17-10/h1-2,5-6H,3-4H2. The van der Waals surface area contributed by atoms with E-state index in [4.69, 9.17) is 27.9 Å². The smallest absolute Gasteiger partial charge is 0.174 e. The van der Waals surface area contributed by atoms with Crippen LogP contribution in [0, 0.1) is 0 Å². The molecule has 1 heterocycles. The van der Waals surface area contributed by atoms with E-state index in [-0.39, 0.29) is 0 Å². The highest BCUT2D eigenvalue weighted by Gasteiger charge is 2.03. The van der Waals surface area contributed by atoms with Crippen LogP contribution in [0.4, 0.5) is 0 Å². The molecule has 0 unspecified atom stereocenters. The molecule has 1 aromatic heterocycles. The van der Waals surface area contributed by atoms with Crippen molar-refractivity contribution >= 4 is 46.3 Å². The van der Waals surface area contributed by atoms with Crippen molar-refractivity contribution in [1.82, 2.24) is 10.2 Å². The quantitative estimate of drug-likeness (QED) is 0.617. The summed E-state index contributed by atoms with van der Waals surface area (Å²) in [5.74, 6) is 1.45. The Kier molecular flexibility index (Phi) is 4.91. The van der Waals surface area contributed by atoms with E-state index in [0.717, 1.165) is 10.1 Å². The lowest BCUT2D eigenvalue weighted by molar-refractivity contribution is 0.344. The normalized spacial score (nSPS) is 10.5. The van der Waals surface area contributed by atoms with Crippen molar-refractivity contribution in [3.63, 3.8) is 0 Å². The zero-order valence-electron chi connectivity index (χ0n) is 8.60. The number of aromatic nitrogens is 2. The van der Waals surface area contributed by atoms with Crippen molar-refractivity contribution < 1.29 is 4.74 Å². The lowest BCUT2D eigenvalue weighted by Gasteiger charge is -2.07. The first kappa shape index (κ1) is 13.0. The number of benzene rings is 1. The van der Waals surface area contributed by atoms with Crippen molar-refractivity contribution in [2.24, 2.45) is 0 Å². The number of nitrogens with zero attached hydrogens (tertiary/aromatic N) is 2. The highest BCUT2D eigenvalue weighted by molar-refractivity contribution is 8.01. The van der Waals surface area contributed by atoms with Gasteiger partial charge in [-0.2, -0.15) is 0 Å². The fraction of sp³-hybridized carbons (Fsp3) is 0.200. The van der Waals surface area contributed by atoms with Crippen LogP contribution in [0.25, 0.3) is 0 Å². The first-order chi connectivity index (χ1) is 8.25. The van der Waals surface area contributed by atoms with E-state index >= 15 is 0 Å². The molecular weight excluding hydrogens is 299 g/mol. The van der Waals surface area contributed by atoms with E-state index in [1.54, 1.807) is 35.5 Å². The van der Waals surface area contributed by atoms with Crippen LogP contribution >= 0.6 is 46.3 Å². The fourth-order valence-corrected chi connectivity index (χ4v) is 2.94. The number of halogens is 2. The number of rotatable bonds is 5. The molecule has 0 fully saturated rings. The van der Waals surface area contributed by atoms with Gasteiger partial charge in [0.1, 0.15) is 11.3 Å². The lowest BCUT2D eigenvalue weighted by atomic mass is 10.3. The van der Waals surface area contributed by atoms with E-state index in [9.17, 15) is 0 Å². The molecule has 2 aromatic rings. The number of thioether (sulfide) groups is 1. The Hall–Kier alpha value is -0.490. The Morgan fingerprint density at radius 3 is 2.94 bits per heavy atom. The maximum Gasteiger partial charge on any atom is 0.174 e. The Balaban J connectivity index is 1.78. The number of ether oxygens (including phenoxy) is 1. The van der Waals surface area contributed by atoms with Crippen LogP contribution in [0.2, 0.25) is 10.0 Å². The summed E-state index contributed by atoms with van der Waals surface area (Å²) in [5, 5.41) is 8.81. The summed E-state index contributed by atoms with van der Waals surface area (Å²) < 4.78 is 6.48. The van der Waals surface area contributed by atoms with Crippen LogP contribution in [0.3, 0.4) is 0 Å². The largest absolute Gasteiger partial charge is 0.491 e. The highest BCUT2D eigenvalue weighted by Crippen LogP contribution is 2.28. The first-order valence-corrected chi connectivity index (χ1v) is 7.34. The van der Waals surface area contributed by atoms with Gasteiger partial charge in [-0.15, -0.1) is 10.2 Å². The van der Waals surface area contributed by atoms with E-state index in [1.165, 1.54) is 11.3 Å². The second kappa shape index (κ2) is 6.44. The van der Waals surface area contributed by atoms with E-state index in [2.05, 4.69) is 10.2 Å². The minimum absolute atomic E-state index is 0.526. The van der Waals surface area contributed by atoms with Crippen LogP contribution in [0.1, 0.15) is 0 Å². The van der Waals surface area contributed by atoms with Crippen LogP contribution in [0.15, 0.2) is 28.0 Å². The number of hydrogen-bond acceptors (Lipinski definition) is 5. The minimum atomic E-state index is 0.526. The maximum absolute atomic E-state index is 5.97. The molecule has 0 atom stereocenters. The van der Waals surface area contributed by atoms with Gasteiger partial charge in [-0.05, 0) is 18.2 Å². The molecule has 0 saturated carbocycles. The Labute approximate surface area is 117 Å². The molecule has 1 aromatic carbocycles. The minimum Gasteiger partial charge on any atom is -0.491 e. The van der Waals surface area contributed by atoms with Crippen molar-refractivity contribution in [3.8, 4) is 5.75 Å². The summed E-state index contributed by atoms with van der Waals surface area (Å²) in [5.41, 5.74) is 1.71.